The summed E-state index contributed by atoms with van der Waals surface area (Å²) < 4.78 is 12.9. The number of carbonyl (C=O) groups excluding carboxylic acids is 1. The van der Waals surface area contributed by atoms with Crippen LogP contribution in [-0.2, 0) is 11.3 Å². The molecule has 0 saturated carbocycles. The Morgan fingerprint density at radius 1 is 1.25 bits per heavy atom. The van der Waals surface area contributed by atoms with Gasteiger partial charge in [0.1, 0.15) is 18.0 Å². The van der Waals surface area contributed by atoms with Crippen LogP contribution in [0, 0.1) is 0 Å². The van der Waals surface area contributed by atoms with Gasteiger partial charge in [-0.25, -0.2) is 9.31 Å². The van der Waals surface area contributed by atoms with Gasteiger partial charge in [0, 0.05) is 22.3 Å². The maximum Gasteiger partial charge on any atom is 0.338 e. The Hall–Kier alpha value is -2.97. The summed E-state index contributed by atoms with van der Waals surface area (Å²) in [5.74, 6) is -0.0591. The molecular weight excluding hydrogens is 426 g/mol. The molecule has 0 unspecified atom stereocenters. The predicted molar refractivity (Wildman–Crippen MR) is 106 cm³/mol. The first-order valence-electron chi connectivity index (χ1n) is 8.63. The van der Waals surface area contributed by atoms with E-state index in [1.165, 1.54) is 0 Å². The summed E-state index contributed by atoms with van der Waals surface area (Å²) in [4.78, 5) is 12.2. The second-order valence-electron chi connectivity index (χ2n) is 6.03. The maximum absolute atomic E-state index is 12.2. The van der Waals surface area contributed by atoms with Crippen LogP contribution in [0.3, 0.4) is 0 Å². The van der Waals surface area contributed by atoms with E-state index in [9.17, 15) is 9.90 Å². The van der Waals surface area contributed by atoms with E-state index in [2.05, 4.69) is 26.2 Å². The lowest BCUT2D eigenvalue weighted by molar-refractivity contribution is 0.0526. The van der Waals surface area contributed by atoms with E-state index in [1.807, 2.05) is 24.3 Å². The smallest absolute Gasteiger partial charge is 0.338 e. The highest BCUT2D eigenvalue weighted by Crippen LogP contribution is 2.35. The average Bonchev–Trinajstić information content (AvgIpc) is 3.32. The van der Waals surface area contributed by atoms with Crippen LogP contribution in [-0.4, -0.2) is 32.5 Å². The first kappa shape index (κ1) is 18.4. The fourth-order valence-electron chi connectivity index (χ4n) is 2.95. The molecule has 0 saturated heterocycles. The maximum atomic E-state index is 12.2. The molecule has 0 spiro atoms. The third-order valence-electron chi connectivity index (χ3n) is 4.23. The average molecular weight is 442 g/mol. The molecule has 0 radical (unpaired) electrons. The number of hydrogen-bond donors (Lipinski definition) is 1. The number of halogens is 1. The van der Waals surface area contributed by atoms with Crippen LogP contribution in [0.1, 0.15) is 23.0 Å². The number of benzene rings is 1. The van der Waals surface area contributed by atoms with E-state index in [-0.39, 0.29) is 6.61 Å². The minimum atomic E-state index is -0.404. The number of nitrogens with zero attached hydrogens (tertiary/aromatic N) is 3. The van der Waals surface area contributed by atoms with Crippen molar-refractivity contribution in [3.8, 4) is 22.5 Å². The zero-order chi connectivity index (χ0) is 19.7. The summed E-state index contributed by atoms with van der Waals surface area (Å²) in [5, 5.41) is 18.1. The van der Waals surface area contributed by atoms with Gasteiger partial charge in [-0.3, -0.25) is 0 Å². The fraction of sp³-hybridized carbons (Fsp3) is 0.150. The summed E-state index contributed by atoms with van der Waals surface area (Å²) in [5.41, 5.74) is 3.90. The van der Waals surface area contributed by atoms with Gasteiger partial charge in [-0.15, -0.1) is 0 Å². The number of aliphatic hydroxyl groups is 1. The number of aliphatic hydroxyl groups excluding tert-OH is 1. The highest BCUT2D eigenvalue weighted by atomic mass is 79.9. The fourth-order valence-corrected chi connectivity index (χ4v) is 3.22. The van der Waals surface area contributed by atoms with Crippen LogP contribution in [0.4, 0.5) is 0 Å². The second kappa shape index (κ2) is 7.57. The molecule has 1 N–H and O–H groups in total. The summed E-state index contributed by atoms with van der Waals surface area (Å²) in [7, 11) is 0. The molecule has 28 heavy (non-hydrogen) atoms. The number of esters is 1. The first-order chi connectivity index (χ1) is 13.6. The van der Waals surface area contributed by atoms with Gasteiger partial charge in [0.15, 0.2) is 5.76 Å². The van der Waals surface area contributed by atoms with Crippen molar-refractivity contribution in [3.05, 3.63) is 64.5 Å². The molecule has 0 amide bonds. The summed E-state index contributed by atoms with van der Waals surface area (Å²) in [6, 6.07) is 12.8. The van der Waals surface area contributed by atoms with E-state index < -0.39 is 5.97 Å². The molecule has 0 fully saturated rings. The van der Waals surface area contributed by atoms with Crippen molar-refractivity contribution in [2.45, 2.75) is 13.5 Å². The third-order valence-corrected chi connectivity index (χ3v) is 4.76. The molecule has 0 atom stereocenters. The van der Waals surface area contributed by atoms with Gasteiger partial charge in [0.2, 0.25) is 0 Å². The Kier molecular flexibility index (Phi) is 4.97. The number of pyridine rings is 1. The van der Waals surface area contributed by atoms with E-state index in [0.717, 1.165) is 10.0 Å². The van der Waals surface area contributed by atoms with Crippen LogP contribution < -0.4 is 0 Å². The van der Waals surface area contributed by atoms with Crippen molar-refractivity contribution in [2.75, 3.05) is 6.61 Å². The number of carbonyl (C=O) groups is 1. The third kappa shape index (κ3) is 3.32. The molecule has 4 rings (SSSR count). The van der Waals surface area contributed by atoms with Gasteiger partial charge in [-0.1, -0.05) is 33.2 Å². The largest absolute Gasteiger partial charge is 0.462 e. The second-order valence-corrected chi connectivity index (χ2v) is 6.95. The Morgan fingerprint density at radius 2 is 2.04 bits per heavy atom. The lowest BCUT2D eigenvalue weighted by atomic mass is 10.0. The molecule has 0 aliphatic carbocycles. The number of fused-ring (bicyclic) bond motifs is 1. The van der Waals surface area contributed by atoms with Crippen LogP contribution >= 0.6 is 15.9 Å². The SMILES string of the molecule is CCOC(=O)c1ccn2nc(-c3ccc(Br)cc3)c(-c3cc(CO)on3)c2c1. The molecule has 0 aliphatic heterocycles. The van der Waals surface area contributed by atoms with Crippen molar-refractivity contribution in [1.82, 2.24) is 14.8 Å². The normalized spacial score (nSPS) is 11.1. The van der Waals surface area contributed by atoms with Gasteiger partial charge >= 0.3 is 5.97 Å². The molecule has 3 heterocycles. The van der Waals surface area contributed by atoms with Gasteiger partial charge in [0.05, 0.1) is 23.3 Å². The molecule has 142 valence electrons. The minimum Gasteiger partial charge on any atom is -0.462 e. The Labute approximate surface area is 168 Å². The van der Waals surface area contributed by atoms with E-state index in [4.69, 9.17) is 9.26 Å². The monoisotopic (exact) mass is 441 g/mol. The summed E-state index contributed by atoms with van der Waals surface area (Å²) in [6.07, 6.45) is 1.71. The quantitative estimate of drug-likeness (QED) is 0.469. The standard InChI is InChI=1S/C20H16BrN3O4/c1-2-27-20(26)13-7-8-24-17(9-13)18(16-10-15(11-25)28-23-16)19(22-24)12-3-5-14(21)6-4-12/h3-10,25H,2,11H2,1H3. The summed E-state index contributed by atoms with van der Waals surface area (Å²) >= 11 is 3.44. The Morgan fingerprint density at radius 3 is 2.71 bits per heavy atom. The molecule has 0 aliphatic rings. The molecule has 0 bridgehead atoms. The van der Waals surface area contributed by atoms with Crippen LogP contribution in [0.2, 0.25) is 0 Å². The highest BCUT2D eigenvalue weighted by molar-refractivity contribution is 9.10. The highest BCUT2D eigenvalue weighted by Gasteiger charge is 2.21. The predicted octanol–water partition coefficient (Wildman–Crippen LogP) is 4.09. The lowest BCUT2D eigenvalue weighted by Crippen LogP contribution is -2.05. The lowest BCUT2D eigenvalue weighted by Gasteiger charge is -2.03. The molecular formula is C20H16BrN3O4. The van der Waals surface area contributed by atoms with Crippen LogP contribution in [0.15, 0.2) is 57.7 Å². The zero-order valence-electron chi connectivity index (χ0n) is 14.9. The molecule has 1 aromatic carbocycles. The van der Waals surface area contributed by atoms with Crippen LogP contribution in [0.5, 0.6) is 0 Å². The Bertz CT molecular complexity index is 1150. The number of hydrogen-bond acceptors (Lipinski definition) is 6. The van der Waals surface area contributed by atoms with Crippen molar-refractivity contribution in [3.63, 3.8) is 0 Å². The topological polar surface area (TPSA) is 89.9 Å². The van der Waals surface area contributed by atoms with Gasteiger partial charge < -0.3 is 14.4 Å². The zero-order valence-corrected chi connectivity index (χ0v) is 16.5. The summed E-state index contributed by atoms with van der Waals surface area (Å²) in [6.45, 7) is 1.80. The number of ether oxygens (including phenoxy) is 1. The Balaban J connectivity index is 1.96. The molecule has 8 heteroatoms. The van der Waals surface area contributed by atoms with E-state index >= 15 is 0 Å². The number of aromatic nitrogens is 3. The van der Waals surface area contributed by atoms with Crippen molar-refractivity contribution >= 4 is 27.4 Å². The van der Waals surface area contributed by atoms with Crippen molar-refractivity contribution < 1.29 is 19.2 Å². The molecule has 3 aromatic heterocycles. The van der Waals surface area contributed by atoms with Gasteiger partial charge in [-0.2, -0.15) is 5.10 Å². The van der Waals surface area contributed by atoms with Crippen LogP contribution in [0.25, 0.3) is 28.0 Å². The van der Waals surface area contributed by atoms with E-state index in [0.29, 0.717) is 40.4 Å². The number of rotatable bonds is 5. The van der Waals surface area contributed by atoms with Crippen molar-refractivity contribution in [2.24, 2.45) is 0 Å². The molecule has 4 aromatic rings. The van der Waals surface area contributed by atoms with Gasteiger partial charge in [-0.05, 0) is 31.2 Å². The van der Waals surface area contributed by atoms with E-state index in [1.54, 1.807) is 35.8 Å². The van der Waals surface area contributed by atoms with Crippen molar-refractivity contribution in [1.29, 1.82) is 0 Å². The first-order valence-corrected chi connectivity index (χ1v) is 9.42. The van der Waals surface area contributed by atoms with Gasteiger partial charge in [0.25, 0.3) is 0 Å². The minimum absolute atomic E-state index is 0.256. The molecule has 7 nitrogen and oxygen atoms in total.